The quantitative estimate of drug-likeness (QED) is 0.763. The molecule has 1 rings (SSSR count). The maximum absolute atomic E-state index is 11.2. The fourth-order valence-corrected chi connectivity index (χ4v) is 0.984. The fraction of sp³-hybridized carbons (Fsp3) is 0.400. The van der Waals surface area contributed by atoms with Crippen LogP contribution in [0.15, 0.2) is 24.5 Å². The van der Waals surface area contributed by atoms with Crippen LogP contribution in [0.1, 0.15) is 13.4 Å². The van der Waals surface area contributed by atoms with E-state index in [0.29, 0.717) is 19.6 Å². The van der Waals surface area contributed by atoms with Crippen LogP contribution in [-0.2, 0) is 16.1 Å². The zero-order valence-electron chi connectivity index (χ0n) is 8.19. The van der Waals surface area contributed by atoms with E-state index in [1.807, 2.05) is 12.1 Å². The monoisotopic (exact) mass is 196 g/mol. The fourth-order valence-electron chi connectivity index (χ4n) is 0.984. The van der Waals surface area contributed by atoms with E-state index in [9.17, 15) is 4.79 Å². The van der Waals surface area contributed by atoms with Crippen molar-refractivity contribution >= 4 is 5.91 Å². The van der Waals surface area contributed by atoms with Gasteiger partial charge in [0.15, 0.2) is 0 Å². The van der Waals surface area contributed by atoms with Crippen LogP contribution >= 0.6 is 0 Å². The molecule has 1 amide bonds. The Hall–Kier alpha value is -1.42. The number of hydrogen-bond acceptors (Lipinski definition) is 3. The highest BCUT2D eigenvalue weighted by atomic mass is 16.5. The highest BCUT2D eigenvalue weighted by Gasteiger charge is 1.99. The molecule has 1 aromatic heterocycles. The molecule has 0 aliphatic carbocycles. The van der Waals surface area contributed by atoms with Gasteiger partial charge in [0.1, 0.15) is 0 Å². The SMILES string of the molecule is COCCC(=O)NCc1ccncc1.[HH]. The summed E-state index contributed by atoms with van der Waals surface area (Å²) in [6.07, 6.45) is 3.81. The van der Waals surface area contributed by atoms with Gasteiger partial charge in [-0.1, -0.05) is 0 Å². The highest BCUT2D eigenvalue weighted by Crippen LogP contribution is 1.95. The molecule has 4 heteroatoms. The Morgan fingerprint density at radius 2 is 2.29 bits per heavy atom. The normalized spacial score (nSPS) is 9.79. The van der Waals surface area contributed by atoms with Crippen molar-refractivity contribution in [3.63, 3.8) is 0 Å². The maximum Gasteiger partial charge on any atom is 0.222 e. The van der Waals surface area contributed by atoms with Crippen LogP contribution in [0.4, 0.5) is 0 Å². The number of methoxy groups -OCH3 is 1. The molecule has 0 unspecified atom stereocenters. The van der Waals surface area contributed by atoms with Crippen molar-refractivity contribution in [1.29, 1.82) is 0 Å². The van der Waals surface area contributed by atoms with E-state index in [1.54, 1.807) is 19.5 Å². The summed E-state index contributed by atoms with van der Waals surface area (Å²) in [4.78, 5) is 15.1. The first-order chi connectivity index (χ1) is 6.83. The molecule has 0 spiro atoms. The Kier molecular flexibility index (Phi) is 4.64. The van der Waals surface area contributed by atoms with Gasteiger partial charge in [-0.05, 0) is 17.7 Å². The second-order valence-electron chi connectivity index (χ2n) is 2.87. The van der Waals surface area contributed by atoms with E-state index in [0.717, 1.165) is 5.56 Å². The minimum atomic E-state index is 0. The van der Waals surface area contributed by atoms with Gasteiger partial charge in [-0.25, -0.2) is 0 Å². The van der Waals surface area contributed by atoms with Crippen molar-refractivity contribution in [3.8, 4) is 0 Å². The summed E-state index contributed by atoms with van der Waals surface area (Å²) in [6, 6.07) is 3.74. The third kappa shape index (κ3) is 4.00. The third-order valence-electron chi connectivity index (χ3n) is 1.77. The number of carbonyl (C=O) groups is 1. The summed E-state index contributed by atoms with van der Waals surface area (Å²) >= 11 is 0. The Bertz CT molecular complexity index is 280. The minimum absolute atomic E-state index is 0. The summed E-state index contributed by atoms with van der Waals surface area (Å²) in [5, 5.41) is 2.79. The molecule has 1 heterocycles. The van der Waals surface area contributed by atoms with Gasteiger partial charge < -0.3 is 10.1 Å². The molecule has 0 saturated carbocycles. The molecule has 1 N–H and O–H groups in total. The average Bonchev–Trinajstić information content (AvgIpc) is 2.25. The van der Waals surface area contributed by atoms with Crippen LogP contribution < -0.4 is 5.32 Å². The highest BCUT2D eigenvalue weighted by molar-refractivity contribution is 5.75. The minimum Gasteiger partial charge on any atom is -0.384 e. The second kappa shape index (κ2) is 6.10. The van der Waals surface area contributed by atoms with Crippen molar-refractivity contribution < 1.29 is 11.0 Å². The predicted octanol–water partition coefficient (Wildman–Crippen LogP) is 0.980. The zero-order valence-corrected chi connectivity index (χ0v) is 8.19. The smallest absolute Gasteiger partial charge is 0.222 e. The molecule has 78 valence electrons. The number of nitrogens with one attached hydrogen (secondary N) is 1. The Balaban J connectivity index is 0.00000196. The lowest BCUT2D eigenvalue weighted by Gasteiger charge is -2.04. The molecular formula is C10H16N2O2. The standard InChI is InChI=1S/C10H14N2O2.H2/c1-14-7-4-10(13)12-8-9-2-5-11-6-3-9;/h2-3,5-6H,4,7-8H2,1H3,(H,12,13);1H. The number of amides is 1. The van der Waals surface area contributed by atoms with Crippen molar-refractivity contribution in [2.75, 3.05) is 13.7 Å². The van der Waals surface area contributed by atoms with Crippen molar-refractivity contribution in [2.45, 2.75) is 13.0 Å². The summed E-state index contributed by atoms with van der Waals surface area (Å²) in [5.74, 6) is 0.00339. The van der Waals surface area contributed by atoms with E-state index in [1.165, 1.54) is 0 Å². The van der Waals surface area contributed by atoms with Gasteiger partial charge in [-0.3, -0.25) is 9.78 Å². The number of rotatable bonds is 5. The first-order valence-electron chi connectivity index (χ1n) is 4.47. The second-order valence-corrected chi connectivity index (χ2v) is 2.87. The van der Waals surface area contributed by atoms with Crippen molar-refractivity contribution in [2.24, 2.45) is 0 Å². The first kappa shape index (κ1) is 10.7. The summed E-state index contributed by atoms with van der Waals surface area (Å²) in [6.45, 7) is 1.01. The predicted molar refractivity (Wildman–Crippen MR) is 54.7 cm³/mol. The zero-order chi connectivity index (χ0) is 10.2. The van der Waals surface area contributed by atoms with Crippen molar-refractivity contribution in [1.82, 2.24) is 10.3 Å². The Labute approximate surface area is 84.8 Å². The summed E-state index contributed by atoms with van der Waals surface area (Å²) < 4.78 is 4.79. The Morgan fingerprint density at radius 3 is 2.93 bits per heavy atom. The van der Waals surface area contributed by atoms with E-state index >= 15 is 0 Å². The first-order valence-corrected chi connectivity index (χ1v) is 4.47. The number of carbonyl (C=O) groups excluding carboxylic acids is 1. The van der Waals surface area contributed by atoms with Crippen LogP contribution in [0.5, 0.6) is 0 Å². The van der Waals surface area contributed by atoms with Crippen LogP contribution in [0.2, 0.25) is 0 Å². The van der Waals surface area contributed by atoms with E-state index in [-0.39, 0.29) is 7.33 Å². The lowest BCUT2D eigenvalue weighted by Crippen LogP contribution is -2.23. The van der Waals surface area contributed by atoms with Gasteiger partial charge >= 0.3 is 0 Å². The lowest BCUT2D eigenvalue weighted by molar-refractivity contribution is -0.122. The molecule has 14 heavy (non-hydrogen) atoms. The molecule has 0 atom stereocenters. The van der Waals surface area contributed by atoms with Gasteiger partial charge in [-0.15, -0.1) is 0 Å². The van der Waals surface area contributed by atoms with Crippen LogP contribution in [0, 0.1) is 0 Å². The van der Waals surface area contributed by atoms with Crippen LogP contribution in [-0.4, -0.2) is 24.6 Å². The molecule has 4 nitrogen and oxygen atoms in total. The maximum atomic E-state index is 11.2. The number of nitrogens with zero attached hydrogens (tertiary/aromatic N) is 1. The molecule has 0 fully saturated rings. The van der Waals surface area contributed by atoms with Gasteiger partial charge in [0.25, 0.3) is 0 Å². The summed E-state index contributed by atoms with van der Waals surface area (Å²) in [7, 11) is 1.58. The summed E-state index contributed by atoms with van der Waals surface area (Å²) in [5.41, 5.74) is 1.05. The number of pyridine rings is 1. The molecule has 0 aliphatic rings. The molecule has 0 aliphatic heterocycles. The van der Waals surface area contributed by atoms with Crippen LogP contribution in [0.3, 0.4) is 0 Å². The Morgan fingerprint density at radius 1 is 1.57 bits per heavy atom. The molecule has 0 radical (unpaired) electrons. The number of hydrogen-bond donors (Lipinski definition) is 1. The van der Waals surface area contributed by atoms with E-state index in [4.69, 9.17) is 4.74 Å². The molecule has 1 aromatic rings. The largest absolute Gasteiger partial charge is 0.384 e. The molecule has 0 saturated heterocycles. The number of aromatic nitrogens is 1. The molecule has 0 bridgehead atoms. The third-order valence-corrected chi connectivity index (χ3v) is 1.77. The number of ether oxygens (including phenoxy) is 1. The topological polar surface area (TPSA) is 51.2 Å². The van der Waals surface area contributed by atoms with Gasteiger partial charge in [-0.2, -0.15) is 0 Å². The lowest BCUT2D eigenvalue weighted by atomic mass is 10.2. The van der Waals surface area contributed by atoms with Gasteiger partial charge in [0.2, 0.25) is 5.91 Å². The van der Waals surface area contributed by atoms with E-state index in [2.05, 4.69) is 10.3 Å². The molecule has 0 aromatic carbocycles. The van der Waals surface area contributed by atoms with Gasteiger partial charge in [0, 0.05) is 33.9 Å². The van der Waals surface area contributed by atoms with Crippen LogP contribution in [0.25, 0.3) is 0 Å². The van der Waals surface area contributed by atoms with Crippen molar-refractivity contribution in [3.05, 3.63) is 30.1 Å². The molecular weight excluding hydrogens is 180 g/mol. The van der Waals surface area contributed by atoms with E-state index < -0.39 is 0 Å². The average molecular weight is 196 g/mol. The van der Waals surface area contributed by atoms with Gasteiger partial charge in [0.05, 0.1) is 6.61 Å².